The minimum atomic E-state index is 0.536. The van der Waals surface area contributed by atoms with Crippen molar-refractivity contribution in [2.75, 3.05) is 11.5 Å². The van der Waals surface area contributed by atoms with Gasteiger partial charge in [-0.15, -0.1) is 11.3 Å². The second kappa shape index (κ2) is 3.31. The normalized spacial score (nSPS) is 10.4. The zero-order valence-corrected chi connectivity index (χ0v) is 8.64. The Hall–Kier alpha value is -1.55. The molecule has 0 spiro atoms. The standard InChI is InChI=1S/C10H11N3S/c1-6-2-3-9(14-6)7-4-13-5-8(11)10(7)12/h2-5H,11H2,1H3,(H2,12,13). The van der Waals surface area contributed by atoms with E-state index in [1.54, 1.807) is 23.7 Å². The first-order valence-corrected chi connectivity index (χ1v) is 5.06. The lowest BCUT2D eigenvalue weighted by molar-refractivity contribution is 1.34. The highest BCUT2D eigenvalue weighted by Crippen LogP contribution is 2.33. The van der Waals surface area contributed by atoms with Gasteiger partial charge in [0.05, 0.1) is 17.6 Å². The number of pyridine rings is 1. The van der Waals surface area contributed by atoms with Gasteiger partial charge in [0.2, 0.25) is 0 Å². The number of nitrogens with two attached hydrogens (primary N) is 2. The number of anilines is 2. The number of aromatic nitrogens is 1. The molecule has 2 heterocycles. The van der Waals surface area contributed by atoms with Crippen LogP contribution in [-0.2, 0) is 0 Å². The van der Waals surface area contributed by atoms with Gasteiger partial charge in [-0.25, -0.2) is 0 Å². The molecule has 2 aromatic rings. The number of thiophene rings is 1. The first-order chi connectivity index (χ1) is 6.68. The van der Waals surface area contributed by atoms with Gasteiger partial charge in [-0.2, -0.15) is 0 Å². The van der Waals surface area contributed by atoms with Crippen molar-refractivity contribution in [3.05, 3.63) is 29.4 Å². The molecule has 0 aliphatic rings. The molecule has 0 fully saturated rings. The molecule has 2 aromatic heterocycles. The van der Waals surface area contributed by atoms with Gasteiger partial charge in [0.25, 0.3) is 0 Å². The van der Waals surface area contributed by atoms with Gasteiger partial charge in [0.1, 0.15) is 0 Å². The van der Waals surface area contributed by atoms with Crippen molar-refractivity contribution in [2.45, 2.75) is 6.92 Å². The minimum Gasteiger partial charge on any atom is -0.396 e. The maximum atomic E-state index is 5.87. The van der Waals surface area contributed by atoms with Crippen LogP contribution in [0.5, 0.6) is 0 Å². The Morgan fingerprint density at radius 2 is 2.00 bits per heavy atom. The molecule has 0 saturated carbocycles. The summed E-state index contributed by atoms with van der Waals surface area (Å²) in [5, 5.41) is 0. The third-order valence-corrected chi connectivity index (χ3v) is 3.06. The predicted molar refractivity (Wildman–Crippen MR) is 61.1 cm³/mol. The molecular weight excluding hydrogens is 194 g/mol. The molecule has 0 bridgehead atoms. The predicted octanol–water partition coefficient (Wildman–Crippen LogP) is 2.28. The van der Waals surface area contributed by atoms with Crippen molar-refractivity contribution in [3.63, 3.8) is 0 Å². The van der Waals surface area contributed by atoms with Gasteiger partial charge in [-0.05, 0) is 19.1 Å². The van der Waals surface area contributed by atoms with Crippen molar-refractivity contribution < 1.29 is 0 Å². The molecule has 0 unspecified atom stereocenters. The lowest BCUT2D eigenvalue weighted by atomic mass is 10.2. The Bertz CT molecular complexity index is 462. The molecule has 2 rings (SSSR count). The fourth-order valence-electron chi connectivity index (χ4n) is 1.26. The van der Waals surface area contributed by atoms with Crippen molar-refractivity contribution in [1.82, 2.24) is 4.98 Å². The van der Waals surface area contributed by atoms with Crippen LogP contribution >= 0.6 is 11.3 Å². The summed E-state index contributed by atoms with van der Waals surface area (Å²) in [6.45, 7) is 2.06. The van der Waals surface area contributed by atoms with Gasteiger partial charge in [-0.3, -0.25) is 4.98 Å². The highest BCUT2D eigenvalue weighted by Gasteiger charge is 2.07. The Morgan fingerprint density at radius 3 is 2.64 bits per heavy atom. The van der Waals surface area contributed by atoms with Gasteiger partial charge in [-0.1, -0.05) is 0 Å². The van der Waals surface area contributed by atoms with E-state index < -0.39 is 0 Å². The average molecular weight is 205 g/mol. The molecule has 0 radical (unpaired) electrons. The Morgan fingerprint density at radius 1 is 1.21 bits per heavy atom. The highest BCUT2D eigenvalue weighted by molar-refractivity contribution is 7.15. The van der Waals surface area contributed by atoms with E-state index in [0.29, 0.717) is 11.4 Å². The summed E-state index contributed by atoms with van der Waals surface area (Å²) in [6, 6.07) is 4.09. The van der Waals surface area contributed by atoms with Crippen LogP contribution in [0.2, 0.25) is 0 Å². The molecule has 0 aliphatic heterocycles. The maximum Gasteiger partial charge on any atom is 0.0740 e. The van der Waals surface area contributed by atoms with Crippen molar-refractivity contribution in [1.29, 1.82) is 0 Å². The first-order valence-electron chi connectivity index (χ1n) is 4.24. The van der Waals surface area contributed by atoms with Crippen LogP contribution in [0.1, 0.15) is 4.88 Å². The topological polar surface area (TPSA) is 64.9 Å². The van der Waals surface area contributed by atoms with Crippen LogP contribution in [-0.4, -0.2) is 4.98 Å². The van der Waals surface area contributed by atoms with Crippen LogP contribution in [0.4, 0.5) is 11.4 Å². The number of aryl methyl sites for hydroxylation is 1. The third-order valence-electron chi connectivity index (χ3n) is 2.02. The van der Waals surface area contributed by atoms with Crippen LogP contribution in [0.3, 0.4) is 0 Å². The summed E-state index contributed by atoms with van der Waals surface area (Å²) in [5.74, 6) is 0. The Balaban J connectivity index is 2.57. The molecule has 0 saturated heterocycles. The van der Waals surface area contributed by atoms with Crippen molar-refractivity contribution >= 4 is 22.7 Å². The number of nitrogens with zero attached hydrogens (tertiary/aromatic N) is 1. The van der Waals surface area contributed by atoms with Crippen molar-refractivity contribution in [2.24, 2.45) is 0 Å². The Kier molecular flexibility index (Phi) is 2.13. The molecule has 0 atom stereocenters. The number of hydrogen-bond donors (Lipinski definition) is 2. The van der Waals surface area contributed by atoms with Gasteiger partial charge in [0.15, 0.2) is 0 Å². The molecule has 14 heavy (non-hydrogen) atoms. The molecule has 4 heteroatoms. The van der Waals surface area contributed by atoms with Crippen LogP contribution in [0.25, 0.3) is 10.4 Å². The summed E-state index contributed by atoms with van der Waals surface area (Å²) in [4.78, 5) is 6.39. The lowest BCUT2D eigenvalue weighted by Gasteiger charge is -2.04. The molecular formula is C10H11N3S. The second-order valence-corrected chi connectivity index (χ2v) is 4.39. The average Bonchev–Trinajstić information content (AvgIpc) is 2.57. The van der Waals surface area contributed by atoms with E-state index in [0.717, 1.165) is 10.4 Å². The van der Waals surface area contributed by atoms with Crippen LogP contribution < -0.4 is 11.5 Å². The summed E-state index contributed by atoms with van der Waals surface area (Å²) >= 11 is 1.69. The largest absolute Gasteiger partial charge is 0.396 e. The minimum absolute atomic E-state index is 0.536. The van der Waals surface area contributed by atoms with E-state index in [-0.39, 0.29) is 0 Å². The number of hydrogen-bond acceptors (Lipinski definition) is 4. The van der Waals surface area contributed by atoms with E-state index in [1.165, 1.54) is 4.88 Å². The van der Waals surface area contributed by atoms with E-state index in [1.807, 2.05) is 6.07 Å². The molecule has 4 N–H and O–H groups in total. The van der Waals surface area contributed by atoms with Gasteiger partial charge >= 0.3 is 0 Å². The maximum absolute atomic E-state index is 5.87. The van der Waals surface area contributed by atoms with Crippen molar-refractivity contribution in [3.8, 4) is 10.4 Å². The molecule has 0 aromatic carbocycles. The summed E-state index contributed by atoms with van der Waals surface area (Å²) < 4.78 is 0. The lowest BCUT2D eigenvalue weighted by Crippen LogP contribution is -1.97. The summed E-state index contributed by atoms with van der Waals surface area (Å²) in [6.07, 6.45) is 3.32. The summed E-state index contributed by atoms with van der Waals surface area (Å²) in [7, 11) is 0. The van der Waals surface area contributed by atoms with Gasteiger partial charge < -0.3 is 11.5 Å². The summed E-state index contributed by atoms with van der Waals surface area (Å²) in [5.41, 5.74) is 13.6. The monoisotopic (exact) mass is 205 g/mol. The fourth-order valence-corrected chi connectivity index (χ4v) is 2.15. The molecule has 72 valence electrons. The molecule has 0 amide bonds. The highest BCUT2D eigenvalue weighted by atomic mass is 32.1. The number of nitrogen functional groups attached to an aromatic ring is 2. The number of rotatable bonds is 1. The SMILES string of the molecule is Cc1ccc(-c2cncc(N)c2N)s1. The van der Waals surface area contributed by atoms with E-state index in [4.69, 9.17) is 11.5 Å². The second-order valence-electron chi connectivity index (χ2n) is 3.10. The first kappa shape index (κ1) is 9.02. The third kappa shape index (κ3) is 1.44. The van der Waals surface area contributed by atoms with E-state index >= 15 is 0 Å². The van der Waals surface area contributed by atoms with E-state index in [9.17, 15) is 0 Å². The van der Waals surface area contributed by atoms with E-state index in [2.05, 4.69) is 18.0 Å². The fraction of sp³-hybridized carbons (Fsp3) is 0.100. The van der Waals surface area contributed by atoms with Crippen LogP contribution in [0.15, 0.2) is 24.5 Å². The quantitative estimate of drug-likeness (QED) is 0.750. The Labute approximate surface area is 86.4 Å². The molecule has 0 aliphatic carbocycles. The zero-order valence-electron chi connectivity index (χ0n) is 7.82. The van der Waals surface area contributed by atoms with Gasteiger partial charge in [0, 0.05) is 21.5 Å². The smallest absolute Gasteiger partial charge is 0.0740 e. The molecule has 3 nitrogen and oxygen atoms in total. The zero-order chi connectivity index (χ0) is 10.1. The van der Waals surface area contributed by atoms with Crippen LogP contribution in [0, 0.1) is 6.92 Å².